The van der Waals surface area contributed by atoms with Crippen molar-refractivity contribution in [1.29, 1.82) is 5.26 Å². The fourth-order valence-electron chi connectivity index (χ4n) is 4.23. The van der Waals surface area contributed by atoms with Gasteiger partial charge in [-0.05, 0) is 57.1 Å². The second-order valence-corrected chi connectivity index (χ2v) is 8.24. The van der Waals surface area contributed by atoms with E-state index in [0.717, 1.165) is 57.8 Å². The molecule has 1 aliphatic heterocycles. The van der Waals surface area contributed by atoms with E-state index in [2.05, 4.69) is 26.0 Å². The van der Waals surface area contributed by atoms with Gasteiger partial charge < -0.3 is 10.5 Å². The number of rotatable bonds is 0. The maximum absolute atomic E-state index is 9.77. The second-order valence-electron chi connectivity index (χ2n) is 7.24. The first-order valence-electron chi connectivity index (χ1n) is 8.45. The lowest BCUT2D eigenvalue weighted by Crippen LogP contribution is -2.37. The van der Waals surface area contributed by atoms with Crippen LogP contribution in [0.5, 0.6) is 5.75 Å². The van der Waals surface area contributed by atoms with Crippen molar-refractivity contribution >= 4 is 21.6 Å². The van der Waals surface area contributed by atoms with E-state index in [0.29, 0.717) is 11.5 Å². The van der Waals surface area contributed by atoms with E-state index in [9.17, 15) is 5.26 Å². The summed E-state index contributed by atoms with van der Waals surface area (Å²) in [5, 5.41) is 10.8. The predicted molar refractivity (Wildman–Crippen MR) is 95.9 cm³/mol. The van der Waals surface area contributed by atoms with Crippen molar-refractivity contribution in [3.8, 4) is 11.8 Å². The monoisotopic (exact) mass is 339 g/mol. The molecule has 2 N–H and O–H groups in total. The minimum atomic E-state index is -0.287. The number of fused-ring (bicyclic) bond motifs is 4. The molecule has 0 saturated heterocycles. The Balaban J connectivity index is 2.01. The molecule has 4 nitrogen and oxygen atoms in total. The summed E-state index contributed by atoms with van der Waals surface area (Å²) in [6.45, 7) is 6.38. The smallest absolute Gasteiger partial charge is 0.205 e. The first kappa shape index (κ1) is 15.5. The third-order valence-electron chi connectivity index (χ3n) is 5.55. The average molecular weight is 339 g/mol. The van der Waals surface area contributed by atoms with Crippen LogP contribution >= 0.6 is 11.3 Å². The van der Waals surface area contributed by atoms with E-state index >= 15 is 0 Å². The fourth-order valence-corrected chi connectivity index (χ4v) is 5.70. The molecule has 0 unspecified atom stereocenters. The van der Waals surface area contributed by atoms with Crippen molar-refractivity contribution in [2.45, 2.75) is 51.9 Å². The van der Waals surface area contributed by atoms with Gasteiger partial charge in [-0.3, -0.25) is 0 Å². The predicted octanol–water partition coefficient (Wildman–Crippen LogP) is 4.45. The maximum atomic E-state index is 9.77. The molecule has 1 aliphatic carbocycles. The Morgan fingerprint density at radius 3 is 2.75 bits per heavy atom. The normalized spacial score (nSPS) is 26.3. The molecule has 1 fully saturated rings. The Morgan fingerprint density at radius 2 is 2.08 bits per heavy atom. The van der Waals surface area contributed by atoms with E-state index in [4.69, 9.17) is 15.5 Å². The number of nitrogens with zero attached hydrogens (tertiary/aromatic N) is 2. The fraction of sp³-hybridized carbons (Fsp3) is 0.474. The highest BCUT2D eigenvalue weighted by atomic mass is 32.1. The van der Waals surface area contributed by atoms with Crippen molar-refractivity contribution < 1.29 is 4.74 Å². The summed E-state index contributed by atoms with van der Waals surface area (Å²) >= 11 is 1.68. The quantitative estimate of drug-likeness (QED) is 0.770. The van der Waals surface area contributed by atoms with Crippen LogP contribution in [0.2, 0.25) is 0 Å². The molecule has 0 aromatic carbocycles. The van der Waals surface area contributed by atoms with Crippen LogP contribution in [0.4, 0.5) is 0 Å². The van der Waals surface area contributed by atoms with Crippen LogP contribution in [0.3, 0.4) is 0 Å². The number of nitrogens with two attached hydrogens (primary N) is 1. The van der Waals surface area contributed by atoms with Crippen LogP contribution in [0.15, 0.2) is 17.5 Å². The molecule has 0 atom stereocenters. The zero-order valence-electron chi connectivity index (χ0n) is 14.3. The first-order chi connectivity index (χ1) is 11.5. The highest BCUT2D eigenvalue weighted by Gasteiger charge is 2.48. The van der Waals surface area contributed by atoms with Crippen LogP contribution < -0.4 is 10.5 Å². The number of pyridine rings is 1. The largest absolute Gasteiger partial charge is 0.439 e. The van der Waals surface area contributed by atoms with Crippen molar-refractivity contribution in [3.05, 3.63) is 33.7 Å². The molecule has 1 spiro atoms. The third-order valence-corrected chi connectivity index (χ3v) is 6.82. The molecule has 24 heavy (non-hydrogen) atoms. The lowest BCUT2D eigenvalue weighted by molar-refractivity contribution is 0.255. The Kier molecular flexibility index (Phi) is 3.36. The number of ether oxygens (including phenoxy) is 1. The Morgan fingerprint density at radius 1 is 1.38 bits per heavy atom. The van der Waals surface area contributed by atoms with Gasteiger partial charge in [-0.1, -0.05) is 6.92 Å². The molecule has 0 radical (unpaired) electrons. The van der Waals surface area contributed by atoms with Gasteiger partial charge in [0.2, 0.25) is 5.88 Å². The number of aromatic nitrogens is 1. The summed E-state index contributed by atoms with van der Waals surface area (Å²) in [7, 11) is 0. The van der Waals surface area contributed by atoms with Crippen LogP contribution in [0, 0.1) is 31.1 Å². The van der Waals surface area contributed by atoms with Gasteiger partial charge >= 0.3 is 0 Å². The molecule has 0 bridgehead atoms. The Hall–Kier alpha value is -2.06. The number of hydrogen-bond acceptors (Lipinski definition) is 5. The molecule has 4 rings (SSSR count). The number of allylic oxidation sites excluding steroid dienone is 1. The van der Waals surface area contributed by atoms with Gasteiger partial charge in [0.25, 0.3) is 0 Å². The highest BCUT2D eigenvalue weighted by Crippen LogP contribution is 2.57. The number of aryl methyl sites for hydroxylation is 2. The molecule has 2 aliphatic rings. The van der Waals surface area contributed by atoms with Crippen molar-refractivity contribution in [2.24, 2.45) is 11.7 Å². The van der Waals surface area contributed by atoms with Crippen LogP contribution in [0.1, 0.15) is 48.7 Å². The van der Waals surface area contributed by atoms with Gasteiger partial charge in [0.05, 0.1) is 10.3 Å². The third kappa shape index (κ3) is 1.99. The molecule has 3 heterocycles. The second kappa shape index (κ2) is 5.22. The molecule has 1 saturated carbocycles. The molecule has 2 aromatic rings. The van der Waals surface area contributed by atoms with Gasteiger partial charge in [-0.15, -0.1) is 11.3 Å². The minimum Gasteiger partial charge on any atom is -0.439 e. The Bertz CT molecular complexity index is 911. The van der Waals surface area contributed by atoms with E-state index in [1.54, 1.807) is 11.3 Å². The van der Waals surface area contributed by atoms with E-state index < -0.39 is 0 Å². The molecule has 124 valence electrons. The van der Waals surface area contributed by atoms with Gasteiger partial charge in [0.15, 0.2) is 5.75 Å². The average Bonchev–Trinajstić information content (AvgIpc) is 2.89. The Labute approximate surface area is 145 Å². The summed E-state index contributed by atoms with van der Waals surface area (Å²) in [5.74, 6) is 1.81. The standard InChI is InChI=1S/C19H21N3OS/c1-10-4-6-19(7-5-10)13(9-20)17(21)23-15-14-11(2)8-12(3)22-18(14)24-16(15)19/h8,10H,4-7,21H2,1-3H3. The minimum absolute atomic E-state index is 0.277. The van der Waals surface area contributed by atoms with Crippen LogP contribution in [-0.4, -0.2) is 4.98 Å². The van der Waals surface area contributed by atoms with Gasteiger partial charge in [0, 0.05) is 11.1 Å². The number of nitriles is 1. The maximum Gasteiger partial charge on any atom is 0.205 e. The summed E-state index contributed by atoms with van der Waals surface area (Å²) in [6, 6.07) is 4.43. The summed E-state index contributed by atoms with van der Waals surface area (Å²) < 4.78 is 5.97. The van der Waals surface area contributed by atoms with Crippen LogP contribution in [-0.2, 0) is 5.41 Å². The molecule has 0 amide bonds. The lowest BCUT2D eigenvalue weighted by atomic mass is 9.65. The van der Waals surface area contributed by atoms with E-state index in [-0.39, 0.29) is 11.3 Å². The summed E-state index contributed by atoms with van der Waals surface area (Å²) in [5.41, 5.74) is 8.68. The summed E-state index contributed by atoms with van der Waals surface area (Å²) in [6.07, 6.45) is 4.13. The van der Waals surface area contributed by atoms with Gasteiger partial charge in [-0.25, -0.2) is 4.98 Å². The SMILES string of the molecule is Cc1cc(C)c2c3c(sc2n1)C1(CCC(C)CC1)C(C#N)=C(N)O3. The lowest BCUT2D eigenvalue weighted by Gasteiger charge is -2.41. The molecule has 2 aromatic heterocycles. The van der Waals surface area contributed by atoms with Crippen molar-refractivity contribution in [3.63, 3.8) is 0 Å². The van der Waals surface area contributed by atoms with E-state index in [1.807, 2.05) is 6.92 Å². The topological polar surface area (TPSA) is 71.9 Å². The zero-order valence-corrected chi connectivity index (χ0v) is 15.1. The van der Waals surface area contributed by atoms with E-state index in [1.165, 1.54) is 0 Å². The number of thiophene rings is 1. The van der Waals surface area contributed by atoms with Gasteiger partial charge in [-0.2, -0.15) is 5.26 Å². The van der Waals surface area contributed by atoms with Gasteiger partial charge in [0.1, 0.15) is 16.5 Å². The molecular formula is C19H21N3OS. The highest BCUT2D eigenvalue weighted by molar-refractivity contribution is 7.19. The molecular weight excluding hydrogens is 318 g/mol. The summed E-state index contributed by atoms with van der Waals surface area (Å²) in [4.78, 5) is 6.84. The van der Waals surface area contributed by atoms with Crippen molar-refractivity contribution in [1.82, 2.24) is 4.98 Å². The van der Waals surface area contributed by atoms with Crippen LogP contribution in [0.25, 0.3) is 10.2 Å². The first-order valence-corrected chi connectivity index (χ1v) is 9.27. The van der Waals surface area contributed by atoms with Crippen molar-refractivity contribution in [2.75, 3.05) is 0 Å². The molecule has 5 heteroatoms. The number of hydrogen-bond donors (Lipinski definition) is 1. The zero-order chi connectivity index (χ0) is 17.1.